The second-order valence-electron chi connectivity index (χ2n) is 5.28. The van der Waals surface area contributed by atoms with Crippen molar-refractivity contribution in [3.63, 3.8) is 0 Å². The number of carbonyl (C=O) groups excluding carboxylic acids is 1. The van der Waals surface area contributed by atoms with Crippen LogP contribution >= 0.6 is 24.0 Å². The van der Waals surface area contributed by atoms with Crippen LogP contribution < -0.4 is 0 Å². The number of furan rings is 1. The summed E-state index contributed by atoms with van der Waals surface area (Å²) >= 11 is 6.62. The van der Waals surface area contributed by atoms with Crippen molar-refractivity contribution in [1.82, 2.24) is 9.88 Å². The SMILES string of the molecule is O=C1/C(=C\c2ccc3ccccc3n2)SC(=S)N1Cc1ccco1. The lowest BCUT2D eigenvalue weighted by Crippen LogP contribution is -2.27. The lowest BCUT2D eigenvalue weighted by atomic mass is 10.2. The first-order valence-corrected chi connectivity index (χ1v) is 8.57. The molecule has 0 N–H and O–H groups in total. The molecule has 0 bridgehead atoms. The fourth-order valence-electron chi connectivity index (χ4n) is 2.49. The van der Waals surface area contributed by atoms with E-state index in [1.54, 1.807) is 23.3 Å². The molecule has 2 aromatic heterocycles. The maximum absolute atomic E-state index is 12.6. The zero-order valence-electron chi connectivity index (χ0n) is 12.5. The van der Waals surface area contributed by atoms with Gasteiger partial charge in [0.05, 0.1) is 28.9 Å². The molecule has 118 valence electrons. The van der Waals surface area contributed by atoms with E-state index in [0.717, 1.165) is 16.6 Å². The third kappa shape index (κ3) is 2.86. The van der Waals surface area contributed by atoms with Gasteiger partial charge in [0.15, 0.2) is 0 Å². The van der Waals surface area contributed by atoms with Gasteiger partial charge in [-0.25, -0.2) is 4.98 Å². The Balaban J connectivity index is 1.62. The summed E-state index contributed by atoms with van der Waals surface area (Å²) in [6.07, 6.45) is 3.37. The highest BCUT2D eigenvalue weighted by Crippen LogP contribution is 2.33. The summed E-state index contributed by atoms with van der Waals surface area (Å²) in [6, 6.07) is 15.4. The zero-order valence-corrected chi connectivity index (χ0v) is 14.1. The minimum absolute atomic E-state index is 0.114. The van der Waals surface area contributed by atoms with E-state index in [2.05, 4.69) is 4.98 Å². The Bertz CT molecular complexity index is 964. The number of thioether (sulfide) groups is 1. The Hall–Kier alpha value is -2.44. The van der Waals surface area contributed by atoms with Crippen LogP contribution in [0, 0.1) is 0 Å². The lowest BCUT2D eigenvalue weighted by molar-refractivity contribution is -0.122. The summed E-state index contributed by atoms with van der Waals surface area (Å²) in [7, 11) is 0. The number of rotatable bonds is 3. The molecule has 24 heavy (non-hydrogen) atoms. The molecular formula is C18H12N2O2S2. The number of carbonyl (C=O) groups is 1. The molecule has 0 atom stereocenters. The predicted octanol–water partition coefficient (Wildman–Crippen LogP) is 4.23. The molecule has 1 saturated heterocycles. The lowest BCUT2D eigenvalue weighted by Gasteiger charge is -2.11. The summed E-state index contributed by atoms with van der Waals surface area (Å²) in [5.74, 6) is 0.590. The van der Waals surface area contributed by atoms with Crippen molar-refractivity contribution in [2.75, 3.05) is 0 Å². The number of aromatic nitrogens is 1. The summed E-state index contributed by atoms with van der Waals surface area (Å²) in [5, 5.41) is 1.07. The highest BCUT2D eigenvalue weighted by Gasteiger charge is 2.32. The number of pyridine rings is 1. The maximum atomic E-state index is 12.6. The van der Waals surface area contributed by atoms with Gasteiger partial charge in [0, 0.05) is 5.39 Å². The average Bonchev–Trinajstić information content (AvgIpc) is 3.19. The quantitative estimate of drug-likeness (QED) is 0.521. The van der Waals surface area contributed by atoms with Gasteiger partial charge >= 0.3 is 0 Å². The maximum Gasteiger partial charge on any atom is 0.266 e. The van der Waals surface area contributed by atoms with Crippen LogP contribution in [0.5, 0.6) is 0 Å². The first-order valence-electron chi connectivity index (χ1n) is 7.34. The molecule has 0 aliphatic carbocycles. The number of hydrogen-bond acceptors (Lipinski definition) is 5. The van der Waals surface area contributed by atoms with Gasteiger partial charge in [-0.2, -0.15) is 0 Å². The topological polar surface area (TPSA) is 46.3 Å². The molecule has 1 fully saturated rings. The Morgan fingerprint density at radius 1 is 1.17 bits per heavy atom. The molecule has 1 amide bonds. The minimum atomic E-state index is -0.114. The third-order valence-corrected chi connectivity index (χ3v) is 5.04. The van der Waals surface area contributed by atoms with Crippen LogP contribution in [0.3, 0.4) is 0 Å². The molecule has 3 heterocycles. The second kappa shape index (κ2) is 6.22. The standard InChI is InChI=1S/C18H12N2O2S2/c21-17-16(24-18(23)20(17)11-14-5-3-9-22-14)10-13-8-7-12-4-1-2-6-15(12)19-13/h1-10H,11H2/b16-10+. The Labute approximate surface area is 148 Å². The van der Waals surface area contributed by atoms with Crippen molar-refractivity contribution in [2.45, 2.75) is 6.54 Å². The van der Waals surface area contributed by atoms with E-state index in [-0.39, 0.29) is 5.91 Å². The van der Waals surface area contributed by atoms with Crippen molar-refractivity contribution in [2.24, 2.45) is 0 Å². The van der Waals surface area contributed by atoms with E-state index < -0.39 is 0 Å². The molecule has 0 unspecified atom stereocenters. The van der Waals surface area contributed by atoms with Crippen molar-refractivity contribution in [3.05, 3.63) is 71.2 Å². The molecule has 0 radical (unpaired) electrons. The summed E-state index contributed by atoms with van der Waals surface area (Å²) in [5.41, 5.74) is 1.64. The molecule has 4 rings (SSSR count). The first kappa shape index (κ1) is 15.1. The van der Waals surface area contributed by atoms with Gasteiger partial charge in [-0.05, 0) is 30.3 Å². The first-order chi connectivity index (χ1) is 11.7. The van der Waals surface area contributed by atoms with Crippen LogP contribution in [0.15, 0.2) is 64.1 Å². The van der Waals surface area contributed by atoms with Gasteiger partial charge in [-0.15, -0.1) is 0 Å². The fourth-order valence-corrected chi connectivity index (χ4v) is 3.73. The summed E-state index contributed by atoms with van der Waals surface area (Å²) in [6.45, 7) is 0.347. The van der Waals surface area contributed by atoms with Crippen LogP contribution in [-0.2, 0) is 11.3 Å². The molecule has 6 heteroatoms. The third-order valence-electron chi connectivity index (χ3n) is 3.67. The van der Waals surface area contributed by atoms with Gasteiger partial charge < -0.3 is 4.42 Å². The number of fused-ring (bicyclic) bond motifs is 1. The highest BCUT2D eigenvalue weighted by molar-refractivity contribution is 8.26. The number of nitrogens with zero attached hydrogens (tertiary/aromatic N) is 2. The molecule has 0 saturated carbocycles. The molecular weight excluding hydrogens is 340 g/mol. The monoisotopic (exact) mass is 352 g/mol. The number of para-hydroxylation sites is 1. The number of hydrogen-bond donors (Lipinski definition) is 0. The van der Waals surface area contributed by atoms with E-state index in [9.17, 15) is 4.79 Å². The van der Waals surface area contributed by atoms with Gasteiger partial charge in [-0.3, -0.25) is 9.69 Å². The van der Waals surface area contributed by atoms with Crippen LogP contribution in [0.1, 0.15) is 11.5 Å². The second-order valence-corrected chi connectivity index (χ2v) is 6.95. The summed E-state index contributed by atoms with van der Waals surface area (Å²) < 4.78 is 5.83. The van der Waals surface area contributed by atoms with E-state index in [4.69, 9.17) is 16.6 Å². The smallest absolute Gasteiger partial charge is 0.266 e. The summed E-state index contributed by atoms with van der Waals surface area (Å²) in [4.78, 5) is 19.3. The molecule has 1 aliphatic rings. The van der Waals surface area contributed by atoms with Gasteiger partial charge in [0.1, 0.15) is 10.1 Å². The minimum Gasteiger partial charge on any atom is -0.467 e. The van der Waals surface area contributed by atoms with Gasteiger partial charge in [-0.1, -0.05) is 48.2 Å². The number of thiocarbonyl (C=S) groups is 1. The van der Waals surface area contributed by atoms with E-state index in [1.165, 1.54) is 11.8 Å². The van der Waals surface area contributed by atoms with E-state index in [0.29, 0.717) is 21.5 Å². The zero-order chi connectivity index (χ0) is 16.5. The fraction of sp³-hybridized carbons (Fsp3) is 0.0556. The van der Waals surface area contributed by atoms with E-state index >= 15 is 0 Å². The molecule has 4 nitrogen and oxygen atoms in total. The predicted molar refractivity (Wildman–Crippen MR) is 99.2 cm³/mol. The molecule has 1 aromatic carbocycles. The van der Waals surface area contributed by atoms with Crippen molar-refractivity contribution < 1.29 is 9.21 Å². The van der Waals surface area contributed by atoms with E-state index in [1.807, 2.05) is 42.5 Å². The normalized spacial score (nSPS) is 16.5. The number of benzene rings is 1. The van der Waals surface area contributed by atoms with Crippen LogP contribution in [0.2, 0.25) is 0 Å². The molecule has 0 spiro atoms. The van der Waals surface area contributed by atoms with Crippen LogP contribution in [0.4, 0.5) is 0 Å². The largest absolute Gasteiger partial charge is 0.467 e. The average molecular weight is 352 g/mol. The Morgan fingerprint density at radius 3 is 2.88 bits per heavy atom. The van der Waals surface area contributed by atoms with Crippen molar-refractivity contribution in [1.29, 1.82) is 0 Å². The number of amides is 1. The van der Waals surface area contributed by atoms with Crippen LogP contribution in [-0.4, -0.2) is 20.1 Å². The molecule has 1 aliphatic heterocycles. The van der Waals surface area contributed by atoms with Gasteiger partial charge in [0.2, 0.25) is 0 Å². The Morgan fingerprint density at radius 2 is 2.04 bits per heavy atom. The van der Waals surface area contributed by atoms with Crippen molar-refractivity contribution in [3.8, 4) is 0 Å². The highest BCUT2D eigenvalue weighted by atomic mass is 32.2. The Kier molecular flexibility index (Phi) is 3.92. The van der Waals surface area contributed by atoms with Crippen LogP contribution in [0.25, 0.3) is 17.0 Å². The van der Waals surface area contributed by atoms with Crippen molar-refractivity contribution >= 4 is 51.2 Å². The molecule has 3 aromatic rings. The van der Waals surface area contributed by atoms with Gasteiger partial charge in [0.25, 0.3) is 5.91 Å².